The highest BCUT2D eigenvalue weighted by atomic mass is 16.5. The van der Waals surface area contributed by atoms with Gasteiger partial charge in [-0.1, -0.05) is 31.0 Å². The van der Waals surface area contributed by atoms with Crippen LogP contribution in [0.1, 0.15) is 32.1 Å². The summed E-state index contributed by atoms with van der Waals surface area (Å²) in [7, 11) is 0. The first-order valence-electron chi connectivity index (χ1n) is 8.03. The predicted molar refractivity (Wildman–Crippen MR) is 83.6 cm³/mol. The van der Waals surface area contributed by atoms with E-state index in [1.807, 2.05) is 30.3 Å². The van der Waals surface area contributed by atoms with Gasteiger partial charge in [0.15, 0.2) is 0 Å². The molecule has 0 amide bonds. The van der Waals surface area contributed by atoms with Crippen molar-refractivity contribution in [1.82, 2.24) is 5.32 Å². The van der Waals surface area contributed by atoms with Crippen molar-refractivity contribution in [3.63, 3.8) is 0 Å². The Kier molecular flexibility index (Phi) is 7.57. The van der Waals surface area contributed by atoms with E-state index >= 15 is 0 Å². The second-order valence-electron chi connectivity index (χ2n) is 5.61. The molecule has 0 aliphatic heterocycles. The van der Waals surface area contributed by atoms with Gasteiger partial charge in [-0.25, -0.2) is 0 Å². The second-order valence-corrected chi connectivity index (χ2v) is 5.61. The molecule has 1 aromatic rings. The standard InChI is InChI=1S/C17H27NO3/c19-15(14-21-17-9-4-5-10-17)13-18-11-6-12-20-16-7-2-1-3-8-16/h1-3,7-8,15,17-19H,4-6,9-14H2. The van der Waals surface area contributed by atoms with E-state index in [-0.39, 0.29) is 0 Å². The molecule has 4 nitrogen and oxygen atoms in total. The van der Waals surface area contributed by atoms with Crippen LogP contribution in [-0.2, 0) is 4.74 Å². The van der Waals surface area contributed by atoms with E-state index in [0.717, 1.165) is 31.6 Å². The van der Waals surface area contributed by atoms with Crippen LogP contribution in [0.2, 0.25) is 0 Å². The zero-order valence-electron chi connectivity index (χ0n) is 12.7. The third-order valence-electron chi connectivity index (χ3n) is 3.72. The average Bonchev–Trinajstić information content (AvgIpc) is 3.03. The summed E-state index contributed by atoms with van der Waals surface area (Å²) in [6, 6.07) is 9.82. The third kappa shape index (κ3) is 6.93. The van der Waals surface area contributed by atoms with Gasteiger partial charge in [-0.3, -0.25) is 0 Å². The van der Waals surface area contributed by atoms with E-state index < -0.39 is 6.10 Å². The van der Waals surface area contributed by atoms with E-state index in [9.17, 15) is 5.11 Å². The van der Waals surface area contributed by atoms with Crippen LogP contribution >= 0.6 is 0 Å². The number of hydrogen-bond donors (Lipinski definition) is 2. The van der Waals surface area contributed by atoms with Gasteiger partial charge >= 0.3 is 0 Å². The number of benzene rings is 1. The van der Waals surface area contributed by atoms with Crippen LogP contribution in [0.25, 0.3) is 0 Å². The molecule has 0 spiro atoms. The van der Waals surface area contributed by atoms with Crippen molar-refractivity contribution in [2.24, 2.45) is 0 Å². The van der Waals surface area contributed by atoms with Crippen molar-refractivity contribution < 1.29 is 14.6 Å². The Labute approximate surface area is 127 Å². The van der Waals surface area contributed by atoms with E-state index in [0.29, 0.717) is 25.9 Å². The molecule has 0 saturated heterocycles. The van der Waals surface area contributed by atoms with Gasteiger partial charge in [0, 0.05) is 6.54 Å². The van der Waals surface area contributed by atoms with Crippen LogP contribution in [0.15, 0.2) is 30.3 Å². The van der Waals surface area contributed by atoms with Gasteiger partial charge in [-0.2, -0.15) is 0 Å². The Morgan fingerprint density at radius 3 is 2.71 bits per heavy atom. The van der Waals surface area contributed by atoms with Crippen molar-refractivity contribution >= 4 is 0 Å². The lowest BCUT2D eigenvalue weighted by Crippen LogP contribution is -2.32. The Balaban J connectivity index is 1.42. The maximum Gasteiger partial charge on any atom is 0.119 e. The first-order valence-corrected chi connectivity index (χ1v) is 8.03. The minimum Gasteiger partial charge on any atom is -0.494 e. The van der Waals surface area contributed by atoms with Gasteiger partial charge < -0.3 is 19.9 Å². The molecule has 2 rings (SSSR count). The lowest BCUT2D eigenvalue weighted by Gasteiger charge is -2.16. The number of hydrogen-bond acceptors (Lipinski definition) is 4. The van der Waals surface area contributed by atoms with E-state index in [2.05, 4.69) is 5.32 Å². The fraction of sp³-hybridized carbons (Fsp3) is 0.647. The summed E-state index contributed by atoms with van der Waals surface area (Å²) in [6.07, 6.45) is 5.71. The summed E-state index contributed by atoms with van der Waals surface area (Å²) in [4.78, 5) is 0. The molecule has 2 N–H and O–H groups in total. The van der Waals surface area contributed by atoms with Gasteiger partial charge in [-0.05, 0) is 37.9 Å². The summed E-state index contributed by atoms with van der Waals surface area (Å²) in [5.41, 5.74) is 0. The first kappa shape index (κ1) is 16.3. The Morgan fingerprint density at radius 2 is 1.95 bits per heavy atom. The fourth-order valence-electron chi connectivity index (χ4n) is 2.53. The number of nitrogens with one attached hydrogen (secondary N) is 1. The highest BCUT2D eigenvalue weighted by Crippen LogP contribution is 2.20. The molecule has 0 radical (unpaired) electrons. The van der Waals surface area contributed by atoms with Crippen molar-refractivity contribution in [3.05, 3.63) is 30.3 Å². The SMILES string of the molecule is OC(CNCCCOc1ccccc1)COC1CCCC1. The molecule has 0 aromatic heterocycles. The summed E-state index contributed by atoms with van der Waals surface area (Å²) < 4.78 is 11.3. The molecule has 4 heteroatoms. The minimum atomic E-state index is -0.416. The number of ether oxygens (including phenoxy) is 2. The molecule has 1 saturated carbocycles. The molecule has 1 aliphatic rings. The normalized spacial score (nSPS) is 17.0. The van der Waals surface area contributed by atoms with Crippen LogP contribution in [-0.4, -0.2) is 43.6 Å². The molecule has 118 valence electrons. The quantitative estimate of drug-likeness (QED) is 0.650. The zero-order valence-corrected chi connectivity index (χ0v) is 12.7. The molecule has 1 aromatic carbocycles. The summed E-state index contributed by atoms with van der Waals surface area (Å²) in [6.45, 7) is 2.55. The Hall–Kier alpha value is -1.10. The number of para-hydroxylation sites is 1. The molecule has 1 unspecified atom stereocenters. The van der Waals surface area contributed by atoms with Gasteiger partial charge in [0.05, 0.1) is 25.4 Å². The highest BCUT2D eigenvalue weighted by Gasteiger charge is 2.16. The van der Waals surface area contributed by atoms with Crippen LogP contribution in [0.5, 0.6) is 5.75 Å². The zero-order chi connectivity index (χ0) is 14.8. The summed E-state index contributed by atoms with van der Waals surface area (Å²) in [5, 5.41) is 13.1. The molecule has 0 heterocycles. The van der Waals surface area contributed by atoms with Gasteiger partial charge in [0.1, 0.15) is 5.75 Å². The van der Waals surface area contributed by atoms with Crippen LogP contribution in [0, 0.1) is 0 Å². The molecular formula is C17H27NO3. The van der Waals surface area contributed by atoms with Crippen molar-refractivity contribution in [2.45, 2.75) is 44.3 Å². The Bertz CT molecular complexity index is 366. The molecule has 1 atom stereocenters. The molecular weight excluding hydrogens is 266 g/mol. The monoisotopic (exact) mass is 293 g/mol. The van der Waals surface area contributed by atoms with E-state index in [1.165, 1.54) is 12.8 Å². The molecule has 0 bridgehead atoms. The lowest BCUT2D eigenvalue weighted by atomic mass is 10.3. The number of rotatable bonds is 10. The predicted octanol–water partition coefficient (Wildman–Crippen LogP) is 2.37. The second kappa shape index (κ2) is 9.77. The minimum absolute atomic E-state index is 0.374. The first-order chi connectivity index (χ1) is 10.3. The van der Waals surface area contributed by atoms with E-state index in [1.54, 1.807) is 0 Å². The number of aliphatic hydroxyl groups is 1. The van der Waals surface area contributed by atoms with Crippen molar-refractivity contribution in [2.75, 3.05) is 26.3 Å². The summed E-state index contributed by atoms with van der Waals surface area (Å²) in [5.74, 6) is 0.905. The smallest absolute Gasteiger partial charge is 0.119 e. The topological polar surface area (TPSA) is 50.7 Å². The molecule has 21 heavy (non-hydrogen) atoms. The number of aliphatic hydroxyl groups excluding tert-OH is 1. The van der Waals surface area contributed by atoms with Crippen molar-refractivity contribution in [3.8, 4) is 5.75 Å². The third-order valence-corrected chi connectivity index (χ3v) is 3.72. The maximum absolute atomic E-state index is 9.83. The fourth-order valence-corrected chi connectivity index (χ4v) is 2.53. The van der Waals surface area contributed by atoms with Crippen LogP contribution in [0.3, 0.4) is 0 Å². The van der Waals surface area contributed by atoms with Crippen molar-refractivity contribution in [1.29, 1.82) is 0 Å². The summed E-state index contributed by atoms with van der Waals surface area (Å²) >= 11 is 0. The Morgan fingerprint density at radius 1 is 1.19 bits per heavy atom. The largest absolute Gasteiger partial charge is 0.494 e. The molecule has 1 aliphatic carbocycles. The lowest BCUT2D eigenvalue weighted by molar-refractivity contribution is -0.00540. The van der Waals surface area contributed by atoms with Gasteiger partial charge in [0.2, 0.25) is 0 Å². The van der Waals surface area contributed by atoms with Crippen LogP contribution < -0.4 is 10.1 Å². The maximum atomic E-state index is 9.83. The van der Waals surface area contributed by atoms with Crippen LogP contribution in [0.4, 0.5) is 0 Å². The van der Waals surface area contributed by atoms with E-state index in [4.69, 9.17) is 9.47 Å². The van der Waals surface area contributed by atoms with Gasteiger partial charge in [0.25, 0.3) is 0 Å². The van der Waals surface area contributed by atoms with Gasteiger partial charge in [-0.15, -0.1) is 0 Å². The molecule has 1 fully saturated rings. The highest BCUT2D eigenvalue weighted by molar-refractivity contribution is 5.20. The average molecular weight is 293 g/mol.